The monoisotopic (exact) mass is 204 g/mol. The van der Waals surface area contributed by atoms with Crippen LogP contribution in [-0.2, 0) is 5.28 Å². The average molecular weight is 205 g/mol. The Kier molecular flexibility index (Phi) is 1.67. The van der Waals surface area contributed by atoms with Gasteiger partial charge >= 0.3 is 0 Å². The van der Waals surface area contributed by atoms with Crippen LogP contribution < -0.4 is 0 Å². The molecule has 0 unspecified atom stereocenters. The van der Waals surface area contributed by atoms with Crippen LogP contribution in [0.1, 0.15) is 13.9 Å². The number of hydrogen-bond acceptors (Lipinski definition) is 0. The Morgan fingerprint density at radius 2 is 2.40 bits per heavy atom. The predicted molar refractivity (Wildman–Crippen MR) is 43.8 cm³/mol. The molecule has 0 N–H and O–H groups in total. The topological polar surface area (TPSA) is 0 Å². The molecule has 0 aliphatic heterocycles. The second-order valence-electron chi connectivity index (χ2n) is 2.06. The van der Waals surface area contributed by atoms with Crippen molar-refractivity contribution in [3.63, 3.8) is 0 Å². The predicted octanol–water partition coefficient (Wildman–Crippen LogP) is 3.03. The van der Waals surface area contributed by atoms with Crippen LogP contribution in [0.5, 0.6) is 0 Å². The van der Waals surface area contributed by atoms with Crippen molar-refractivity contribution in [1.82, 2.24) is 0 Å². The van der Waals surface area contributed by atoms with Gasteiger partial charge in [-0.05, 0) is 24.1 Å². The van der Waals surface area contributed by atoms with E-state index in [2.05, 4.69) is 15.9 Å². The first-order valence-electron chi connectivity index (χ1n) is 3.87. The van der Waals surface area contributed by atoms with Gasteiger partial charge in [-0.1, -0.05) is 28.1 Å². The van der Waals surface area contributed by atoms with Crippen molar-refractivity contribution in [2.45, 2.75) is 12.2 Å². The molecule has 2 heteroatoms. The lowest BCUT2D eigenvalue weighted by Crippen LogP contribution is -1.84. The zero-order chi connectivity index (χ0) is 9.35. The van der Waals surface area contributed by atoms with Crippen molar-refractivity contribution in [2.75, 3.05) is 0 Å². The van der Waals surface area contributed by atoms with Crippen LogP contribution in [0.4, 0.5) is 4.39 Å². The Bertz CT molecular complexity index is 294. The third kappa shape index (κ3) is 1.57. The lowest BCUT2D eigenvalue weighted by molar-refractivity contribution is 0.617. The van der Waals surface area contributed by atoms with Gasteiger partial charge in [0.05, 0.1) is 0 Å². The van der Waals surface area contributed by atoms with E-state index in [0.29, 0.717) is 11.1 Å². The van der Waals surface area contributed by atoms with Gasteiger partial charge in [-0.3, -0.25) is 0 Å². The van der Waals surface area contributed by atoms with Crippen LogP contribution >= 0.6 is 15.9 Å². The first-order valence-corrected chi connectivity index (χ1v) is 3.66. The molecule has 0 aliphatic rings. The summed E-state index contributed by atoms with van der Waals surface area (Å²) < 4.78 is 27.4. The zero-order valence-corrected chi connectivity index (χ0v) is 7.07. The molecule has 0 aromatic heterocycles. The molecule has 0 bridgehead atoms. The minimum atomic E-state index is -1.65. The zero-order valence-electron chi connectivity index (χ0n) is 7.49. The summed E-state index contributed by atoms with van der Waals surface area (Å²) in [5.41, 5.74) is 0.820. The standard InChI is InChI=1S/C8H8BrF/c1-6-2-3-7(5-9)4-8(6)10/h2-4H,5H2,1H3/i5D2. The first-order chi connectivity index (χ1) is 5.41. The molecule has 0 atom stereocenters. The van der Waals surface area contributed by atoms with Gasteiger partial charge in [0.2, 0.25) is 0 Å². The number of aryl methyl sites for hydroxylation is 1. The minimum Gasteiger partial charge on any atom is -0.207 e. The van der Waals surface area contributed by atoms with Gasteiger partial charge in [0.25, 0.3) is 0 Å². The minimum absolute atomic E-state index is 0.297. The number of rotatable bonds is 1. The molecule has 0 saturated carbocycles. The largest absolute Gasteiger partial charge is 0.207 e. The van der Waals surface area contributed by atoms with E-state index in [1.54, 1.807) is 19.1 Å². The molecule has 0 radical (unpaired) electrons. The summed E-state index contributed by atoms with van der Waals surface area (Å²) in [6.45, 7) is 1.64. The smallest absolute Gasteiger partial charge is 0.126 e. The second kappa shape index (κ2) is 3.15. The van der Waals surface area contributed by atoms with E-state index in [4.69, 9.17) is 2.74 Å². The van der Waals surface area contributed by atoms with E-state index in [1.165, 1.54) is 6.07 Å². The Hall–Kier alpha value is -0.370. The van der Waals surface area contributed by atoms with Gasteiger partial charge in [0.15, 0.2) is 0 Å². The van der Waals surface area contributed by atoms with Crippen LogP contribution in [0.3, 0.4) is 0 Å². The van der Waals surface area contributed by atoms with Gasteiger partial charge in [-0.15, -0.1) is 0 Å². The maximum absolute atomic E-state index is 12.9. The number of hydrogen-bond donors (Lipinski definition) is 0. The summed E-state index contributed by atoms with van der Waals surface area (Å²) in [5.74, 6) is -0.379. The summed E-state index contributed by atoms with van der Waals surface area (Å²) >= 11 is 2.81. The van der Waals surface area contributed by atoms with Crippen LogP contribution in [0, 0.1) is 12.7 Å². The fourth-order valence-electron chi connectivity index (χ4n) is 0.652. The van der Waals surface area contributed by atoms with Gasteiger partial charge < -0.3 is 0 Å². The highest BCUT2D eigenvalue weighted by atomic mass is 79.9. The fourth-order valence-corrected chi connectivity index (χ4v) is 0.898. The van der Waals surface area contributed by atoms with E-state index in [9.17, 15) is 4.39 Å². The van der Waals surface area contributed by atoms with Gasteiger partial charge in [-0.2, -0.15) is 0 Å². The highest BCUT2D eigenvalue weighted by Gasteiger charge is 1.96. The first kappa shape index (κ1) is 5.30. The highest BCUT2D eigenvalue weighted by molar-refractivity contribution is 9.08. The van der Waals surface area contributed by atoms with E-state index in [-0.39, 0.29) is 5.82 Å². The van der Waals surface area contributed by atoms with Crippen molar-refractivity contribution in [3.8, 4) is 0 Å². The molecule has 54 valence electrons. The molecule has 1 rings (SSSR count). The fraction of sp³-hybridized carbons (Fsp3) is 0.250. The maximum Gasteiger partial charge on any atom is 0.126 e. The Morgan fingerprint density at radius 3 is 2.90 bits per heavy atom. The van der Waals surface area contributed by atoms with Crippen LogP contribution in [0.15, 0.2) is 18.2 Å². The number of alkyl halides is 1. The van der Waals surface area contributed by atoms with E-state index in [0.717, 1.165) is 0 Å². The van der Waals surface area contributed by atoms with Crippen molar-refractivity contribution < 1.29 is 7.13 Å². The molecule has 0 spiro atoms. The van der Waals surface area contributed by atoms with Crippen molar-refractivity contribution in [1.29, 1.82) is 0 Å². The lowest BCUT2D eigenvalue weighted by Gasteiger charge is -1.97. The Morgan fingerprint density at radius 1 is 1.70 bits per heavy atom. The summed E-state index contributed by atoms with van der Waals surface area (Å²) in [6, 6.07) is 4.32. The third-order valence-electron chi connectivity index (χ3n) is 1.28. The van der Waals surface area contributed by atoms with Crippen LogP contribution in [0.25, 0.3) is 0 Å². The maximum atomic E-state index is 12.9. The summed E-state index contributed by atoms with van der Waals surface area (Å²) in [4.78, 5) is 0. The molecular weight excluding hydrogens is 195 g/mol. The molecule has 0 nitrogen and oxygen atoms in total. The van der Waals surface area contributed by atoms with Gasteiger partial charge in [0.1, 0.15) is 5.82 Å². The van der Waals surface area contributed by atoms with E-state index < -0.39 is 5.28 Å². The lowest BCUT2D eigenvalue weighted by atomic mass is 10.2. The molecule has 0 saturated heterocycles. The summed E-state index contributed by atoms with van der Waals surface area (Å²) in [7, 11) is 0. The molecular formula is C8H8BrF. The third-order valence-corrected chi connectivity index (χ3v) is 1.74. The molecule has 0 heterocycles. The van der Waals surface area contributed by atoms with Crippen molar-refractivity contribution >= 4 is 15.9 Å². The molecule has 1 aromatic rings. The number of benzene rings is 1. The van der Waals surface area contributed by atoms with E-state index in [1.807, 2.05) is 0 Å². The normalized spacial score (nSPS) is 14.3. The van der Waals surface area contributed by atoms with Crippen LogP contribution in [0.2, 0.25) is 0 Å². The second-order valence-corrected chi connectivity index (χ2v) is 2.45. The SMILES string of the molecule is [2H]C([2H])(Br)c1ccc(C)c(F)c1. The van der Waals surface area contributed by atoms with Crippen molar-refractivity contribution in [3.05, 3.63) is 35.1 Å². The van der Waals surface area contributed by atoms with Crippen molar-refractivity contribution in [2.24, 2.45) is 0 Å². The molecule has 0 amide bonds. The summed E-state index contributed by atoms with van der Waals surface area (Å²) in [6.07, 6.45) is 0. The average Bonchev–Trinajstić information content (AvgIpc) is 1.92. The Labute approximate surface area is 71.0 Å². The molecule has 10 heavy (non-hydrogen) atoms. The molecule has 1 aromatic carbocycles. The van der Waals surface area contributed by atoms with Gasteiger partial charge in [0, 0.05) is 8.02 Å². The number of halogens is 2. The summed E-state index contributed by atoms with van der Waals surface area (Å²) in [5, 5.41) is -1.65. The molecule has 0 aliphatic carbocycles. The molecule has 0 fully saturated rings. The van der Waals surface area contributed by atoms with Gasteiger partial charge in [-0.25, -0.2) is 4.39 Å². The van der Waals surface area contributed by atoms with Crippen LogP contribution in [-0.4, -0.2) is 0 Å². The van der Waals surface area contributed by atoms with E-state index >= 15 is 0 Å². The highest BCUT2D eigenvalue weighted by Crippen LogP contribution is 2.11. The Balaban J connectivity index is 3.14. The quantitative estimate of drug-likeness (QED) is 0.618.